The Balaban J connectivity index is 1.19. The number of nitrogens with one attached hydrogen (secondary N) is 1. The van der Waals surface area contributed by atoms with E-state index in [1.54, 1.807) is 24.3 Å². The number of aromatic nitrogens is 1. The maximum absolute atomic E-state index is 14.1. The molecule has 0 spiro atoms. The Labute approximate surface area is 332 Å². The fourth-order valence-electron chi connectivity index (χ4n) is 7.09. The van der Waals surface area contributed by atoms with E-state index >= 15 is 0 Å². The van der Waals surface area contributed by atoms with Crippen LogP contribution in [0.2, 0.25) is 10.0 Å². The third kappa shape index (κ3) is 9.69. The molecule has 4 aliphatic rings. The summed E-state index contributed by atoms with van der Waals surface area (Å²) in [7, 11) is 0. The summed E-state index contributed by atoms with van der Waals surface area (Å²) in [5.41, 5.74) is 7.25. The molecule has 4 aromatic rings. The van der Waals surface area contributed by atoms with Crippen LogP contribution in [0.4, 0.5) is 14.5 Å². The molecule has 56 heavy (non-hydrogen) atoms. The lowest BCUT2D eigenvalue weighted by Gasteiger charge is -2.44. The van der Waals surface area contributed by atoms with E-state index in [9.17, 15) is 23.2 Å². The monoisotopic (exact) mass is 808 g/mol. The maximum atomic E-state index is 14.1. The van der Waals surface area contributed by atoms with Gasteiger partial charge in [-0.2, -0.15) is 8.78 Å². The number of benzene rings is 3. The molecule has 294 valence electrons. The van der Waals surface area contributed by atoms with Crippen molar-refractivity contribution in [2.45, 2.75) is 57.0 Å². The van der Waals surface area contributed by atoms with Crippen molar-refractivity contribution in [3.8, 4) is 11.5 Å². The van der Waals surface area contributed by atoms with E-state index in [1.165, 1.54) is 48.8 Å². The van der Waals surface area contributed by atoms with Crippen molar-refractivity contribution < 1.29 is 42.1 Å². The van der Waals surface area contributed by atoms with E-state index in [-0.39, 0.29) is 56.8 Å². The first kappa shape index (κ1) is 39.3. The van der Waals surface area contributed by atoms with Crippen molar-refractivity contribution in [3.63, 3.8) is 0 Å². The van der Waals surface area contributed by atoms with Gasteiger partial charge >= 0.3 is 18.6 Å². The van der Waals surface area contributed by atoms with Crippen LogP contribution in [0.15, 0.2) is 79.1 Å². The van der Waals surface area contributed by atoms with Gasteiger partial charge in [0.05, 0.1) is 22.2 Å². The van der Waals surface area contributed by atoms with Crippen LogP contribution in [0.5, 0.6) is 11.5 Å². The summed E-state index contributed by atoms with van der Waals surface area (Å²) < 4.78 is 49.5. The van der Waals surface area contributed by atoms with Crippen LogP contribution >= 0.6 is 23.2 Å². The lowest BCUT2D eigenvalue weighted by atomic mass is 9.86. The maximum Gasteiger partial charge on any atom is 0.387 e. The fourth-order valence-corrected chi connectivity index (χ4v) is 7.61. The average molecular weight is 810 g/mol. The summed E-state index contributed by atoms with van der Waals surface area (Å²) in [5.74, 6) is -1.77. The smallest absolute Gasteiger partial charge is 0.387 e. The Morgan fingerprint density at radius 1 is 0.893 bits per heavy atom. The fraction of sp³-hybridized carbons (Fsp3) is 0.366. The molecule has 3 aliphatic heterocycles. The topological polar surface area (TPSA) is 142 Å². The molecule has 4 heterocycles. The summed E-state index contributed by atoms with van der Waals surface area (Å²) in [6, 6.07) is 16.4. The minimum absolute atomic E-state index is 0.0273. The molecule has 11 nitrogen and oxygen atoms in total. The molecule has 0 radical (unpaired) electrons. The number of pyridine rings is 1. The second-order valence-corrected chi connectivity index (χ2v) is 15.1. The predicted molar refractivity (Wildman–Crippen MR) is 204 cm³/mol. The van der Waals surface area contributed by atoms with Crippen molar-refractivity contribution in [2.75, 3.05) is 31.6 Å². The van der Waals surface area contributed by atoms with Gasteiger partial charge in [0, 0.05) is 36.6 Å². The molecule has 3 atom stereocenters. The summed E-state index contributed by atoms with van der Waals surface area (Å²) in [6.45, 7) is -0.179. The Hall–Kier alpha value is -4.98. The molecule has 3 N–H and O–H groups in total. The SMILES string of the molecule is NC(=O)c1cc(NC(C(=O)O[C@H]2CN3CCC2CC3)c2ccccc2)cc(C(=O)O[C@@H](Cc2c(Cl)cncc2Cl)c2ccc(OC(F)F)c(OCC3CC3)c2)c1. The van der Waals surface area contributed by atoms with Crippen LogP contribution in [0.1, 0.15) is 75.2 Å². The zero-order chi connectivity index (χ0) is 39.3. The highest BCUT2D eigenvalue weighted by atomic mass is 35.5. The van der Waals surface area contributed by atoms with Gasteiger partial charge in [0.25, 0.3) is 0 Å². The first-order valence-corrected chi connectivity index (χ1v) is 19.2. The zero-order valence-corrected chi connectivity index (χ0v) is 31.7. The minimum atomic E-state index is -3.10. The molecular weight excluding hydrogens is 769 g/mol. The van der Waals surface area contributed by atoms with E-state index in [1.807, 2.05) is 6.07 Å². The van der Waals surface area contributed by atoms with Gasteiger partial charge in [-0.3, -0.25) is 14.7 Å². The number of hydrogen-bond donors (Lipinski definition) is 2. The van der Waals surface area contributed by atoms with E-state index in [0.29, 0.717) is 35.8 Å². The van der Waals surface area contributed by atoms with Gasteiger partial charge in [-0.25, -0.2) is 9.59 Å². The first-order valence-electron chi connectivity index (χ1n) is 18.4. The number of esters is 2. The van der Waals surface area contributed by atoms with E-state index in [2.05, 4.69) is 15.2 Å². The molecule has 15 heteroatoms. The number of alkyl halides is 2. The number of hydrogen-bond acceptors (Lipinski definition) is 10. The van der Waals surface area contributed by atoms with E-state index in [0.717, 1.165) is 38.8 Å². The molecular formula is C41H40Cl2F2N4O7. The van der Waals surface area contributed by atoms with Crippen LogP contribution in [-0.4, -0.2) is 66.7 Å². The van der Waals surface area contributed by atoms with Crippen LogP contribution in [0, 0.1) is 11.8 Å². The summed E-state index contributed by atoms with van der Waals surface area (Å²) >= 11 is 13.0. The predicted octanol–water partition coefficient (Wildman–Crippen LogP) is 7.81. The van der Waals surface area contributed by atoms with Gasteiger partial charge < -0.3 is 30.0 Å². The number of amides is 1. The summed E-state index contributed by atoms with van der Waals surface area (Å²) in [6.07, 6.45) is 5.20. The van der Waals surface area contributed by atoms with Gasteiger partial charge in [0.2, 0.25) is 5.91 Å². The number of anilines is 1. The number of fused-ring (bicyclic) bond motifs is 3. The average Bonchev–Trinajstić information content (AvgIpc) is 4.03. The Kier molecular flexibility index (Phi) is 12.2. The standard InChI is InChI=1S/C41H40Cl2F2N4O7/c42-31-19-47-20-32(43)30(31)18-34(26-8-9-33(56-41(44)45)35(17-26)53-22-23-6-7-23)54-39(51)28-14-27(38(46)50)15-29(16-28)48-37(25-4-2-1-3-5-25)40(52)55-36-21-49-12-10-24(36)11-13-49/h1-5,8-9,14-17,19-20,23-24,34,36-37,41,48H,6-7,10-13,18,21-22H2,(H2,46,50)/t34-,36-,37?/m0/s1. The number of rotatable bonds is 16. The highest BCUT2D eigenvalue weighted by Crippen LogP contribution is 2.39. The van der Waals surface area contributed by atoms with Gasteiger partial charge in [0.15, 0.2) is 17.5 Å². The molecule has 1 aliphatic carbocycles. The van der Waals surface area contributed by atoms with Gasteiger partial charge in [-0.15, -0.1) is 0 Å². The van der Waals surface area contributed by atoms with E-state index in [4.69, 9.17) is 47.9 Å². The van der Waals surface area contributed by atoms with Crippen molar-refractivity contribution in [3.05, 3.63) is 117 Å². The Morgan fingerprint density at radius 3 is 2.25 bits per heavy atom. The molecule has 2 bridgehead atoms. The third-order valence-corrected chi connectivity index (χ3v) is 11.0. The molecule has 4 fully saturated rings. The largest absolute Gasteiger partial charge is 0.489 e. The normalized spacial score (nSPS) is 19.8. The second-order valence-electron chi connectivity index (χ2n) is 14.3. The van der Waals surface area contributed by atoms with Crippen LogP contribution in [0.3, 0.4) is 0 Å². The molecule has 8 rings (SSSR count). The molecule has 1 saturated carbocycles. The van der Waals surface area contributed by atoms with Crippen molar-refractivity contribution in [2.24, 2.45) is 17.6 Å². The molecule has 3 aromatic carbocycles. The summed E-state index contributed by atoms with van der Waals surface area (Å²) in [5, 5.41) is 3.60. The number of piperidine rings is 3. The Morgan fingerprint density at radius 2 is 1.61 bits per heavy atom. The van der Waals surface area contributed by atoms with Crippen LogP contribution < -0.4 is 20.5 Å². The van der Waals surface area contributed by atoms with Crippen LogP contribution in [0.25, 0.3) is 0 Å². The second kappa shape index (κ2) is 17.4. The first-order chi connectivity index (χ1) is 27.0. The Bertz CT molecular complexity index is 2040. The number of ether oxygens (including phenoxy) is 4. The van der Waals surface area contributed by atoms with Gasteiger partial charge in [0.1, 0.15) is 12.2 Å². The number of primary amides is 1. The number of nitrogens with two attached hydrogens (primary N) is 1. The molecule has 1 aromatic heterocycles. The molecule has 1 unspecified atom stereocenters. The number of halogens is 4. The quantitative estimate of drug-likeness (QED) is 0.108. The van der Waals surface area contributed by atoms with Gasteiger partial charge in [-0.1, -0.05) is 59.6 Å². The highest BCUT2D eigenvalue weighted by molar-refractivity contribution is 6.35. The third-order valence-electron chi connectivity index (χ3n) is 10.3. The number of carbonyl (C=O) groups excluding carboxylic acids is 3. The number of nitrogens with zero attached hydrogens (tertiary/aromatic N) is 2. The highest BCUT2D eigenvalue weighted by Gasteiger charge is 2.38. The minimum Gasteiger partial charge on any atom is -0.489 e. The van der Waals surface area contributed by atoms with Crippen molar-refractivity contribution >= 4 is 46.7 Å². The molecule has 1 amide bonds. The lowest BCUT2D eigenvalue weighted by Crippen LogP contribution is -2.52. The van der Waals surface area contributed by atoms with Crippen molar-refractivity contribution in [1.29, 1.82) is 0 Å². The zero-order valence-electron chi connectivity index (χ0n) is 30.2. The van der Waals surface area contributed by atoms with Crippen LogP contribution in [-0.2, 0) is 20.7 Å². The van der Waals surface area contributed by atoms with Crippen molar-refractivity contribution in [1.82, 2.24) is 9.88 Å². The lowest BCUT2D eigenvalue weighted by molar-refractivity contribution is -0.159. The number of carbonyl (C=O) groups is 3. The van der Waals surface area contributed by atoms with E-state index < -0.39 is 36.6 Å². The molecule has 3 saturated heterocycles. The van der Waals surface area contributed by atoms with Gasteiger partial charge in [-0.05, 0) is 97.6 Å². The summed E-state index contributed by atoms with van der Waals surface area (Å²) in [4.78, 5) is 46.9.